The van der Waals surface area contributed by atoms with Crippen LogP contribution in [-0.4, -0.2) is 47.3 Å². The van der Waals surface area contributed by atoms with Crippen LogP contribution in [0.15, 0.2) is 58.2 Å². The Hall–Kier alpha value is -3.13. The Morgan fingerprint density at radius 2 is 2.00 bits per heavy atom. The van der Waals surface area contributed by atoms with Crippen LogP contribution in [0.2, 0.25) is 5.02 Å². The van der Waals surface area contributed by atoms with Crippen LogP contribution in [0.5, 0.6) is 0 Å². The fourth-order valence-corrected chi connectivity index (χ4v) is 3.51. The molecule has 0 atom stereocenters. The lowest BCUT2D eigenvalue weighted by atomic mass is 10.1. The highest BCUT2D eigenvalue weighted by molar-refractivity contribution is 6.30. The summed E-state index contributed by atoms with van der Waals surface area (Å²) in [5.74, 6) is 2.78. The van der Waals surface area contributed by atoms with Gasteiger partial charge in [0.15, 0.2) is 5.96 Å². The summed E-state index contributed by atoms with van der Waals surface area (Å²) in [6.07, 6.45) is 3.86. The van der Waals surface area contributed by atoms with Crippen molar-refractivity contribution >= 4 is 23.4 Å². The van der Waals surface area contributed by atoms with E-state index in [9.17, 15) is 0 Å². The van der Waals surface area contributed by atoms with Gasteiger partial charge in [0, 0.05) is 43.0 Å². The number of aliphatic imine (C=N–C) groups is 1. The first-order chi connectivity index (χ1) is 14.7. The molecule has 0 unspecified atom stereocenters. The van der Waals surface area contributed by atoms with E-state index >= 15 is 0 Å². The molecule has 9 heteroatoms. The first-order valence-electron chi connectivity index (χ1n) is 9.93. The fraction of sp³-hybridized carbons (Fsp3) is 0.333. The second-order valence-corrected chi connectivity index (χ2v) is 7.47. The summed E-state index contributed by atoms with van der Waals surface area (Å²) >= 11 is 5.92. The molecule has 0 spiro atoms. The Labute approximate surface area is 180 Å². The maximum atomic E-state index is 5.92. The second kappa shape index (κ2) is 9.58. The molecule has 1 aromatic carbocycles. The number of hydrogen-bond acceptors (Lipinski definition) is 6. The van der Waals surface area contributed by atoms with Gasteiger partial charge in [0.05, 0.1) is 6.54 Å². The third kappa shape index (κ3) is 5.07. The number of halogens is 1. The number of nitrogens with one attached hydrogen (secondary N) is 2. The topological polar surface area (TPSA) is 91.5 Å². The van der Waals surface area contributed by atoms with Crippen LogP contribution in [-0.2, 0) is 6.54 Å². The van der Waals surface area contributed by atoms with Gasteiger partial charge in [0.25, 0.3) is 0 Å². The van der Waals surface area contributed by atoms with E-state index in [0.717, 1.165) is 43.3 Å². The first-order valence-corrected chi connectivity index (χ1v) is 10.3. The molecule has 4 rings (SSSR count). The van der Waals surface area contributed by atoms with Gasteiger partial charge in [0.2, 0.25) is 11.7 Å². The van der Waals surface area contributed by atoms with E-state index in [1.54, 1.807) is 19.2 Å². The third-order valence-electron chi connectivity index (χ3n) is 5.01. The average molecular weight is 426 g/mol. The molecular formula is C21H24ClN7O. The average Bonchev–Trinajstić information content (AvgIpc) is 3.27. The van der Waals surface area contributed by atoms with Crippen LogP contribution < -0.4 is 15.5 Å². The molecule has 3 aromatic rings. The van der Waals surface area contributed by atoms with E-state index in [2.05, 4.69) is 41.7 Å². The highest BCUT2D eigenvalue weighted by atomic mass is 35.5. The molecular weight excluding hydrogens is 402 g/mol. The monoisotopic (exact) mass is 425 g/mol. The molecule has 0 saturated carbocycles. The number of rotatable bonds is 5. The van der Waals surface area contributed by atoms with E-state index in [-0.39, 0.29) is 0 Å². The maximum absolute atomic E-state index is 5.92. The predicted octanol–water partition coefficient (Wildman–Crippen LogP) is 3.12. The lowest BCUT2D eigenvalue weighted by Crippen LogP contribution is -2.48. The van der Waals surface area contributed by atoms with Crippen molar-refractivity contribution in [3.63, 3.8) is 0 Å². The number of anilines is 1. The zero-order chi connectivity index (χ0) is 20.8. The van der Waals surface area contributed by atoms with Gasteiger partial charge in [0.1, 0.15) is 5.82 Å². The Morgan fingerprint density at radius 3 is 2.70 bits per heavy atom. The van der Waals surface area contributed by atoms with Crippen molar-refractivity contribution in [3.8, 4) is 11.4 Å². The lowest BCUT2D eigenvalue weighted by molar-refractivity contribution is 0.374. The quantitative estimate of drug-likeness (QED) is 0.479. The summed E-state index contributed by atoms with van der Waals surface area (Å²) in [5, 5.41) is 11.4. The molecule has 1 saturated heterocycles. The second-order valence-electron chi connectivity index (χ2n) is 7.04. The highest BCUT2D eigenvalue weighted by Crippen LogP contribution is 2.19. The van der Waals surface area contributed by atoms with Gasteiger partial charge in [-0.15, -0.1) is 0 Å². The normalized spacial score (nSPS) is 15.3. The number of benzene rings is 1. The van der Waals surface area contributed by atoms with Crippen molar-refractivity contribution in [3.05, 3.63) is 59.6 Å². The van der Waals surface area contributed by atoms with Gasteiger partial charge in [-0.3, -0.25) is 4.99 Å². The van der Waals surface area contributed by atoms with E-state index < -0.39 is 0 Å². The molecule has 8 nitrogen and oxygen atoms in total. The molecule has 3 heterocycles. The van der Waals surface area contributed by atoms with Crippen molar-refractivity contribution in [1.29, 1.82) is 0 Å². The molecule has 0 aliphatic carbocycles. The molecule has 2 aromatic heterocycles. The van der Waals surface area contributed by atoms with Gasteiger partial charge in [-0.2, -0.15) is 4.98 Å². The summed E-state index contributed by atoms with van der Waals surface area (Å²) in [7, 11) is 1.76. The van der Waals surface area contributed by atoms with Crippen LogP contribution in [0, 0.1) is 0 Å². The standard InChI is InChI=1S/C21H24ClN7O/c1-23-21(26-17-9-12-29(13-10-17)18-4-2-3-11-24-18)25-14-19-27-20(28-30-19)15-5-7-16(22)8-6-15/h2-8,11,17H,9-10,12-14H2,1H3,(H2,23,25,26). The summed E-state index contributed by atoms with van der Waals surface area (Å²) in [5.41, 5.74) is 0.858. The highest BCUT2D eigenvalue weighted by Gasteiger charge is 2.21. The van der Waals surface area contributed by atoms with Gasteiger partial charge in [-0.1, -0.05) is 22.8 Å². The minimum absolute atomic E-state index is 0.350. The molecule has 0 radical (unpaired) electrons. The van der Waals surface area contributed by atoms with Crippen LogP contribution in [0.3, 0.4) is 0 Å². The van der Waals surface area contributed by atoms with Crippen LogP contribution in [0.1, 0.15) is 18.7 Å². The SMILES string of the molecule is CN=C(NCc1nc(-c2ccc(Cl)cc2)no1)NC1CCN(c2ccccn2)CC1. The zero-order valence-corrected chi connectivity index (χ0v) is 17.5. The van der Waals surface area contributed by atoms with Crippen molar-refractivity contribution in [2.45, 2.75) is 25.4 Å². The van der Waals surface area contributed by atoms with E-state index in [1.165, 1.54) is 0 Å². The van der Waals surface area contributed by atoms with Crippen molar-refractivity contribution < 1.29 is 4.52 Å². The summed E-state index contributed by atoms with van der Waals surface area (Å²) < 4.78 is 5.34. The molecule has 156 valence electrons. The Kier molecular flexibility index (Phi) is 6.44. The first kappa shape index (κ1) is 20.2. The number of guanidine groups is 1. The van der Waals surface area contributed by atoms with Crippen LogP contribution in [0.25, 0.3) is 11.4 Å². The largest absolute Gasteiger partial charge is 0.356 e. The number of piperidine rings is 1. The van der Waals surface area contributed by atoms with E-state index in [0.29, 0.717) is 29.3 Å². The zero-order valence-electron chi connectivity index (χ0n) is 16.8. The molecule has 30 heavy (non-hydrogen) atoms. The lowest BCUT2D eigenvalue weighted by Gasteiger charge is -2.33. The number of hydrogen-bond donors (Lipinski definition) is 2. The minimum Gasteiger partial charge on any atom is -0.356 e. The Bertz CT molecular complexity index is 967. The molecule has 0 amide bonds. The van der Waals surface area contributed by atoms with Gasteiger partial charge >= 0.3 is 0 Å². The smallest absolute Gasteiger partial charge is 0.246 e. The maximum Gasteiger partial charge on any atom is 0.246 e. The van der Waals surface area contributed by atoms with Crippen molar-refractivity contribution in [2.75, 3.05) is 25.0 Å². The molecule has 1 aliphatic heterocycles. The van der Waals surface area contributed by atoms with Crippen LogP contribution >= 0.6 is 11.6 Å². The van der Waals surface area contributed by atoms with Crippen molar-refractivity contribution in [2.24, 2.45) is 4.99 Å². The predicted molar refractivity (Wildman–Crippen MR) is 118 cm³/mol. The summed E-state index contributed by atoms with van der Waals surface area (Å²) in [6.45, 7) is 2.31. The number of pyridine rings is 1. The van der Waals surface area contributed by atoms with Crippen LogP contribution in [0.4, 0.5) is 5.82 Å². The fourth-order valence-electron chi connectivity index (χ4n) is 3.38. The van der Waals surface area contributed by atoms with E-state index in [1.807, 2.05) is 30.5 Å². The molecule has 1 aliphatic rings. The summed E-state index contributed by atoms with van der Waals surface area (Å²) in [6, 6.07) is 13.7. The number of nitrogens with zero attached hydrogens (tertiary/aromatic N) is 5. The molecule has 1 fully saturated rings. The summed E-state index contributed by atoms with van der Waals surface area (Å²) in [4.78, 5) is 15.5. The minimum atomic E-state index is 0.350. The number of aromatic nitrogens is 3. The van der Waals surface area contributed by atoms with E-state index in [4.69, 9.17) is 16.1 Å². The Morgan fingerprint density at radius 1 is 1.20 bits per heavy atom. The molecule has 0 bridgehead atoms. The van der Waals surface area contributed by atoms with Gasteiger partial charge in [-0.05, 0) is 49.2 Å². The molecule has 2 N–H and O–H groups in total. The van der Waals surface area contributed by atoms with Crippen molar-refractivity contribution in [1.82, 2.24) is 25.8 Å². The van der Waals surface area contributed by atoms with Gasteiger partial charge in [-0.25, -0.2) is 4.98 Å². The van der Waals surface area contributed by atoms with Gasteiger partial charge < -0.3 is 20.1 Å². The third-order valence-corrected chi connectivity index (χ3v) is 5.26. The Balaban J connectivity index is 1.26.